The molecule has 9 rings (SSSR count). The third-order valence-electron chi connectivity index (χ3n) is 9.84. The zero-order valence-electron chi connectivity index (χ0n) is 26.5. The molecule has 8 nitrogen and oxygen atoms in total. The summed E-state index contributed by atoms with van der Waals surface area (Å²) in [4.78, 5) is 4.69. The van der Waals surface area contributed by atoms with Crippen molar-refractivity contribution in [2.75, 3.05) is 41.4 Å². The highest BCUT2D eigenvalue weighted by Crippen LogP contribution is 2.57. The molecule has 0 spiro atoms. The number of nitrogens with zero attached hydrogens (tertiary/aromatic N) is 2. The molecular formula is C37H37N3O5S. The fourth-order valence-electron chi connectivity index (χ4n) is 7.43. The lowest BCUT2D eigenvalue weighted by molar-refractivity contribution is 0.227. The Bertz CT molecular complexity index is 1860. The van der Waals surface area contributed by atoms with Crippen molar-refractivity contribution in [3.05, 3.63) is 94.0 Å². The lowest BCUT2D eigenvalue weighted by atomic mass is 9.86. The van der Waals surface area contributed by atoms with Gasteiger partial charge in [-0.3, -0.25) is 4.90 Å². The molecule has 0 unspecified atom stereocenters. The molecular weight excluding hydrogens is 598 g/mol. The Morgan fingerprint density at radius 3 is 2.26 bits per heavy atom. The summed E-state index contributed by atoms with van der Waals surface area (Å²) in [6, 6.07) is 21.0. The molecule has 1 N–H and O–H groups in total. The molecule has 236 valence electrons. The molecule has 9 heteroatoms. The monoisotopic (exact) mass is 635 g/mol. The Morgan fingerprint density at radius 1 is 0.761 bits per heavy atom. The summed E-state index contributed by atoms with van der Waals surface area (Å²) in [6.45, 7) is 1.72. The van der Waals surface area contributed by atoms with E-state index >= 15 is 0 Å². The van der Waals surface area contributed by atoms with Crippen LogP contribution in [0.3, 0.4) is 0 Å². The van der Waals surface area contributed by atoms with E-state index in [0.29, 0.717) is 46.0 Å². The number of fused-ring (bicyclic) bond motifs is 2. The predicted octanol–water partition coefficient (Wildman–Crippen LogP) is 7.13. The highest BCUT2D eigenvalue weighted by molar-refractivity contribution is 7.80. The lowest BCUT2D eigenvalue weighted by Crippen LogP contribution is -2.45. The van der Waals surface area contributed by atoms with Gasteiger partial charge < -0.3 is 33.9 Å². The molecule has 2 atom stereocenters. The summed E-state index contributed by atoms with van der Waals surface area (Å²) in [5.41, 5.74) is 7.10. The van der Waals surface area contributed by atoms with Gasteiger partial charge >= 0.3 is 0 Å². The van der Waals surface area contributed by atoms with Crippen LogP contribution in [-0.4, -0.2) is 56.3 Å². The first-order valence-electron chi connectivity index (χ1n) is 15.8. The maximum absolute atomic E-state index is 6.96. The number of methoxy groups -OCH3 is 2. The van der Waals surface area contributed by atoms with Gasteiger partial charge in [0.15, 0.2) is 39.6 Å². The average Bonchev–Trinajstić information content (AvgIpc) is 3.08. The number of benzene rings is 4. The van der Waals surface area contributed by atoms with Gasteiger partial charge in [-0.1, -0.05) is 18.2 Å². The third-order valence-corrected chi connectivity index (χ3v) is 10.3. The SMILES string of the molecule is CNC(=S)N1CCc2cc(OC)c3c4c2[C@@H]1Cc1ccc(cc1)Oc1cc(ccc1OC)C[C@H]1c2cc(c(cc2CCN1C)O3)O4. The molecule has 0 saturated carbocycles. The van der Waals surface area contributed by atoms with Crippen LogP contribution in [0, 0.1) is 0 Å². The summed E-state index contributed by atoms with van der Waals surface area (Å²) < 4.78 is 31.7. The first-order valence-corrected chi connectivity index (χ1v) is 16.2. The molecule has 5 aliphatic rings. The van der Waals surface area contributed by atoms with Crippen molar-refractivity contribution < 1.29 is 23.7 Å². The Balaban J connectivity index is 1.34. The van der Waals surface area contributed by atoms with E-state index in [1.165, 1.54) is 22.3 Å². The Morgan fingerprint density at radius 2 is 1.48 bits per heavy atom. The normalized spacial score (nSPS) is 19.3. The largest absolute Gasteiger partial charge is 0.493 e. The van der Waals surface area contributed by atoms with E-state index in [9.17, 15) is 0 Å². The fourth-order valence-corrected chi connectivity index (χ4v) is 7.65. The van der Waals surface area contributed by atoms with Crippen molar-refractivity contribution >= 4 is 17.3 Å². The van der Waals surface area contributed by atoms with Gasteiger partial charge in [0.2, 0.25) is 5.75 Å². The molecule has 0 fully saturated rings. The van der Waals surface area contributed by atoms with Crippen LogP contribution >= 0.6 is 12.2 Å². The predicted molar refractivity (Wildman–Crippen MR) is 180 cm³/mol. The van der Waals surface area contributed by atoms with Gasteiger partial charge in [0.1, 0.15) is 5.75 Å². The van der Waals surface area contributed by atoms with Crippen molar-refractivity contribution in [2.24, 2.45) is 0 Å². The first kappa shape index (κ1) is 29.0. The van der Waals surface area contributed by atoms with Crippen LogP contribution in [0.1, 0.15) is 45.5 Å². The van der Waals surface area contributed by atoms with Crippen LogP contribution in [0.15, 0.2) is 60.7 Å². The van der Waals surface area contributed by atoms with Crippen LogP contribution < -0.4 is 29.0 Å². The molecule has 0 aliphatic carbocycles. The Hall–Kier alpha value is -4.47. The number of rotatable bonds is 2. The van der Waals surface area contributed by atoms with Crippen LogP contribution in [-0.2, 0) is 25.7 Å². The summed E-state index contributed by atoms with van der Waals surface area (Å²) in [7, 11) is 7.44. The van der Waals surface area contributed by atoms with E-state index in [4.69, 9.17) is 35.9 Å². The average molecular weight is 636 g/mol. The highest BCUT2D eigenvalue weighted by atomic mass is 32.1. The van der Waals surface area contributed by atoms with Gasteiger partial charge in [-0.05, 0) is 115 Å². The summed E-state index contributed by atoms with van der Waals surface area (Å²) >= 11 is 5.86. The van der Waals surface area contributed by atoms with E-state index in [1.54, 1.807) is 14.2 Å². The molecule has 5 aliphatic heterocycles. The van der Waals surface area contributed by atoms with Crippen LogP contribution in [0.4, 0.5) is 0 Å². The highest BCUT2D eigenvalue weighted by Gasteiger charge is 2.38. The maximum atomic E-state index is 6.96. The maximum Gasteiger partial charge on any atom is 0.212 e. The van der Waals surface area contributed by atoms with Crippen molar-refractivity contribution in [2.45, 2.75) is 37.8 Å². The number of thiocarbonyl (C=S) groups is 1. The summed E-state index contributed by atoms with van der Waals surface area (Å²) in [6.07, 6.45) is 3.25. The number of hydrogen-bond acceptors (Lipinski definition) is 7. The van der Waals surface area contributed by atoms with Crippen molar-refractivity contribution in [1.82, 2.24) is 15.1 Å². The molecule has 46 heavy (non-hydrogen) atoms. The summed E-state index contributed by atoms with van der Waals surface area (Å²) in [5, 5.41) is 3.92. The fraction of sp³-hybridized carbons (Fsp3) is 0.324. The Kier molecular flexibility index (Phi) is 7.18. The lowest BCUT2D eigenvalue weighted by Gasteiger charge is -2.41. The molecule has 0 aromatic heterocycles. The number of ether oxygens (including phenoxy) is 5. The third kappa shape index (κ3) is 4.80. The van der Waals surface area contributed by atoms with Crippen molar-refractivity contribution in [1.29, 1.82) is 0 Å². The van der Waals surface area contributed by atoms with E-state index in [1.807, 2.05) is 25.2 Å². The van der Waals surface area contributed by atoms with Crippen molar-refractivity contribution in [3.8, 4) is 46.0 Å². The van der Waals surface area contributed by atoms with Crippen molar-refractivity contribution in [3.63, 3.8) is 0 Å². The number of likely N-dealkylation sites (N-methyl/N-ethyl adjacent to an activating group) is 1. The minimum Gasteiger partial charge on any atom is -0.493 e. The van der Waals surface area contributed by atoms with Gasteiger partial charge in [-0.25, -0.2) is 0 Å². The molecule has 0 amide bonds. The molecule has 4 aromatic carbocycles. The second-order valence-corrected chi connectivity index (χ2v) is 12.8. The first-order chi connectivity index (χ1) is 22.4. The summed E-state index contributed by atoms with van der Waals surface area (Å²) in [5.74, 6) is 5.59. The van der Waals surface area contributed by atoms with Gasteiger partial charge in [-0.2, -0.15) is 0 Å². The van der Waals surface area contributed by atoms with Crippen LogP contribution in [0.2, 0.25) is 0 Å². The molecule has 0 saturated heterocycles. The Labute approximate surface area is 274 Å². The molecule has 5 heterocycles. The zero-order chi connectivity index (χ0) is 31.5. The van der Waals surface area contributed by atoms with E-state index in [0.717, 1.165) is 55.0 Å². The minimum absolute atomic E-state index is 0.0903. The number of nitrogens with one attached hydrogen (secondary N) is 1. The molecule has 7 bridgehead atoms. The van der Waals surface area contributed by atoms with E-state index in [-0.39, 0.29) is 12.1 Å². The topological polar surface area (TPSA) is 64.7 Å². The minimum atomic E-state index is -0.0903. The van der Waals surface area contributed by atoms with Gasteiger partial charge in [0.25, 0.3) is 0 Å². The number of hydrogen-bond donors (Lipinski definition) is 1. The zero-order valence-corrected chi connectivity index (χ0v) is 27.3. The quantitative estimate of drug-likeness (QED) is 0.204. The van der Waals surface area contributed by atoms with Gasteiger partial charge in [-0.15, -0.1) is 0 Å². The van der Waals surface area contributed by atoms with Crippen LogP contribution in [0.5, 0.6) is 46.0 Å². The van der Waals surface area contributed by atoms with Crippen LogP contribution in [0.25, 0.3) is 0 Å². The second-order valence-electron chi connectivity index (χ2n) is 12.4. The molecule has 4 aromatic rings. The van der Waals surface area contributed by atoms with E-state index < -0.39 is 0 Å². The molecule has 0 radical (unpaired) electrons. The second kappa shape index (κ2) is 11.4. The smallest absolute Gasteiger partial charge is 0.212 e. The van der Waals surface area contributed by atoms with E-state index in [2.05, 4.69) is 64.6 Å². The van der Waals surface area contributed by atoms with Gasteiger partial charge in [0.05, 0.1) is 20.3 Å². The standard InChI is InChI=1S/C37H37N3O5S/c1-38-37(46)40-14-12-24-19-33(42-4)35-36-34(24)28(40)15-21-5-8-25(9-6-21)43-30-17-22(7-10-29(30)41-3)16-27-26-20-32(45-36)31(44-35)18-23(26)11-13-39(27)2/h5-10,17-20,27-28H,11-16H2,1-4H3,(H,38,46)/t27-,28-/m0/s1. The van der Waals surface area contributed by atoms with Gasteiger partial charge in [0, 0.05) is 31.7 Å².